The third kappa shape index (κ3) is 3.62. The van der Waals surface area contributed by atoms with Crippen LogP contribution in [0.15, 0.2) is 24.3 Å². The smallest absolute Gasteiger partial charge is 0.0361 e. The second kappa shape index (κ2) is 5.61. The first-order valence-corrected chi connectivity index (χ1v) is 5.79. The van der Waals surface area contributed by atoms with Crippen LogP contribution in [0.25, 0.3) is 0 Å². The van der Waals surface area contributed by atoms with Gasteiger partial charge in [0.15, 0.2) is 0 Å². The number of rotatable bonds is 2. The number of nitrogens with zero attached hydrogens (tertiary/aromatic N) is 1. The van der Waals surface area contributed by atoms with Crippen molar-refractivity contribution in [1.29, 1.82) is 0 Å². The molecule has 1 aromatic rings. The van der Waals surface area contributed by atoms with Gasteiger partial charge in [-0.1, -0.05) is 32.6 Å². The lowest BCUT2D eigenvalue weighted by atomic mass is 9.98. The molecule has 1 atom stereocenters. The molecule has 0 aliphatic rings. The topological polar surface area (TPSA) is 3.24 Å². The van der Waals surface area contributed by atoms with E-state index in [1.807, 2.05) is 14.1 Å². The first kappa shape index (κ1) is 12.6. The van der Waals surface area contributed by atoms with Gasteiger partial charge in [0.2, 0.25) is 0 Å². The van der Waals surface area contributed by atoms with Crippen molar-refractivity contribution in [3.8, 4) is 11.8 Å². The lowest BCUT2D eigenvalue weighted by Crippen LogP contribution is -2.07. The Morgan fingerprint density at radius 1 is 1.00 bits per heavy atom. The zero-order valence-corrected chi connectivity index (χ0v) is 10.9. The highest BCUT2D eigenvalue weighted by atomic mass is 15.1. The minimum atomic E-state index is 0.452. The molecule has 0 saturated carbocycles. The molecule has 0 aromatic heterocycles. The van der Waals surface area contributed by atoms with E-state index in [9.17, 15) is 0 Å². The molecular formula is C15H21N. The van der Waals surface area contributed by atoms with Gasteiger partial charge in [-0.2, -0.15) is 0 Å². The van der Waals surface area contributed by atoms with Gasteiger partial charge in [0.05, 0.1) is 0 Å². The van der Waals surface area contributed by atoms with Crippen LogP contribution >= 0.6 is 0 Å². The molecule has 0 bridgehead atoms. The SMILES string of the molecule is CC(C)[C@H](C)C#Cc1ccc(N(C)C)cc1. The third-order valence-corrected chi connectivity index (χ3v) is 2.83. The van der Waals surface area contributed by atoms with Crippen molar-refractivity contribution in [2.24, 2.45) is 11.8 Å². The van der Waals surface area contributed by atoms with Gasteiger partial charge >= 0.3 is 0 Å². The van der Waals surface area contributed by atoms with E-state index >= 15 is 0 Å². The third-order valence-electron chi connectivity index (χ3n) is 2.83. The Morgan fingerprint density at radius 2 is 1.56 bits per heavy atom. The van der Waals surface area contributed by atoms with Crippen molar-refractivity contribution in [2.45, 2.75) is 20.8 Å². The molecule has 0 radical (unpaired) electrons. The molecule has 0 aliphatic carbocycles. The van der Waals surface area contributed by atoms with E-state index in [2.05, 4.69) is 61.8 Å². The van der Waals surface area contributed by atoms with Crippen LogP contribution in [0.2, 0.25) is 0 Å². The van der Waals surface area contributed by atoms with Crippen LogP contribution in [-0.2, 0) is 0 Å². The number of anilines is 1. The summed E-state index contributed by atoms with van der Waals surface area (Å²) in [6.45, 7) is 6.58. The zero-order chi connectivity index (χ0) is 12.1. The van der Waals surface area contributed by atoms with E-state index in [4.69, 9.17) is 0 Å². The van der Waals surface area contributed by atoms with Crippen LogP contribution in [-0.4, -0.2) is 14.1 Å². The van der Waals surface area contributed by atoms with Gasteiger partial charge in [-0.05, 0) is 30.2 Å². The average Bonchev–Trinajstić information content (AvgIpc) is 2.26. The van der Waals surface area contributed by atoms with Crippen molar-refractivity contribution in [1.82, 2.24) is 0 Å². The van der Waals surface area contributed by atoms with Crippen LogP contribution < -0.4 is 4.90 Å². The van der Waals surface area contributed by atoms with E-state index < -0.39 is 0 Å². The Labute approximate surface area is 99.5 Å². The van der Waals surface area contributed by atoms with Gasteiger partial charge in [0.1, 0.15) is 0 Å². The van der Waals surface area contributed by atoms with Crippen molar-refractivity contribution in [3.63, 3.8) is 0 Å². The van der Waals surface area contributed by atoms with Crippen molar-refractivity contribution >= 4 is 5.69 Å². The fourth-order valence-corrected chi connectivity index (χ4v) is 1.21. The second-order valence-corrected chi connectivity index (χ2v) is 4.74. The van der Waals surface area contributed by atoms with Crippen LogP contribution in [0, 0.1) is 23.7 Å². The Bertz CT molecular complexity index is 376. The second-order valence-electron chi connectivity index (χ2n) is 4.74. The molecule has 1 heteroatoms. The Balaban J connectivity index is 2.75. The highest BCUT2D eigenvalue weighted by Crippen LogP contribution is 2.12. The van der Waals surface area contributed by atoms with E-state index in [1.54, 1.807) is 0 Å². The van der Waals surface area contributed by atoms with Gasteiger partial charge in [-0.3, -0.25) is 0 Å². The van der Waals surface area contributed by atoms with Gasteiger partial charge in [0, 0.05) is 31.3 Å². The standard InChI is InChI=1S/C15H21N/c1-12(2)13(3)6-7-14-8-10-15(11-9-14)16(4)5/h8-13H,1-5H3/t13-/m1/s1. The number of benzene rings is 1. The molecule has 1 nitrogen and oxygen atoms in total. The maximum atomic E-state index is 3.28. The van der Waals surface area contributed by atoms with Crippen LogP contribution in [0.5, 0.6) is 0 Å². The summed E-state index contributed by atoms with van der Waals surface area (Å²) in [7, 11) is 4.09. The molecule has 0 N–H and O–H groups in total. The Kier molecular flexibility index (Phi) is 4.43. The highest BCUT2D eigenvalue weighted by molar-refractivity contribution is 5.49. The zero-order valence-electron chi connectivity index (χ0n) is 10.9. The first-order valence-electron chi connectivity index (χ1n) is 5.79. The summed E-state index contributed by atoms with van der Waals surface area (Å²) in [5.41, 5.74) is 2.31. The van der Waals surface area contributed by atoms with Crippen molar-refractivity contribution in [2.75, 3.05) is 19.0 Å². The van der Waals surface area contributed by atoms with Gasteiger partial charge in [-0.25, -0.2) is 0 Å². The Hall–Kier alpha value is -1.42. The predicted molar refractivity (Wildman–Crippen MR) is 71.6 cm³/mol. The molecule has 1 aromatic carbocycles. The van der Waals surface area contributed by atoms with Crippen molar-refractivity contribution in [3.05, 3.63) is 29.8 Å². The molecular weight excluding hydrogens is 194 g/mol. The summed E-state index contributed by atoms with van der Waals surface area (Å²) >= 11 is 0. The van der Waals surface area contributed by atoms with Crippen LogP contribution in [0.3, 0.4) is 0 Å². The minimum Gasteiger partial charge on any atom is -0.378 e. The molecule has 0 heterocycles. The van der Waals surface area contributed by atoms with E-state index in [1.165, 1.54) is 5.69 Å². The van der Waals surface area contributed by atoms with Crippen LogP contribution in [0.4, 0.5) is 5.69 Å². The summed E-state index contributed by atoms with van der Waals surface area (Å²) in [6.07, 6.45) is 0. The van der Waals surface area contributed by atoms with Gasteiger partial charge in [0.25, 0.3) is 0 Å². The molecule has 16 heavy (non-hydrogen) atoms. The molecule has 0 aliphatic heterocycles. The fourth-order valence-electron chi connectivity index (χ4n) is 1.21. The monoisotopic (exact) mass is 215 g/mol. The van der Waals surface area contributed by atoms with E-state index in [0.717, 1.165) is 5.56 Å². The van der Waals surface area contributed by atoms with Gasteiger partial charge in [-0.15, -0.1) is 0 Å². The van der Waals surface area contributed by atoms with Crippen molar-refractivity contribution < 1.29 is 0 Å². The molecule has 0 spiro atoms. The summed E-state index contributed by atoms with van der Waals surface area (Å²) in [6, 6.07) is 8.36. The predicted octanol–water partition coefficient (Wildman–Crippen LogP) is 3.40. The van der Waals surface area contributed by atoms with E-state index in [0.29, 0.717) is 11.8 Å². The molecule has 0 amide bonds. The first-order chi connectivity index (χ1) is 7.50. The largest absolute Gasteiger partial charge is 0.378 e. The molecule has 86 valence electrons. The summed E-state index contributed by atoms with van der Waals surface area (Å²) in [4.78, 5) is 2.09. The molecule has 0 fully saturated rings. The highest BCUT2D eigenvalue weighted by Gasteiger charge is 2.01. The number of hydrogen-bond donors (Lipinski definition) is 0. The molecule has 0 unspecified atom stereocenters. The lowest BCUT2D eigenvalue weighted by molar-refractivity contribution is 0.520. The molecule has 0 saturated heterocycles. The quantitative estimate of drug-likeness (QED) is 0.683. The summed E-state index contributed by atoms with van der Waals surface area (Å²) in [5.74, 6) is 7.58. The Morgan fingerprint density at radius 3 is 2.00 bits per heavy atom. The summed E-state index contributed by atoms with van der Waals surface area (Å²) in [5, 5.41) is 0. The number of hydrogen-bond acceptors (Lipinski definition) is 1. The van der Waals surface area contributed by atoms with Gasteiger partial charge < -0.3 is 4.90 Å². The normalized spacial score (nSPS) is 11.9. The molecule has 1 rings (SSSR count). The maximum absolute atomic E-state index is 3.28. The van der Waals surface area contributed by atoms with E-state index in [-0.39, 0.29) is 0 Å². The minimum absolute atomic E-state index is 0.452. The fraction of sp³-hybridized carbons (Fsp3) is 0.467. The van der Waals surface area contributed by atoms with Crippen LogP contribution in [0.1, 0.15) is 26.3 Å². The maximum Gasteiger partial charge on any atom is 0.0361 e. The lowest BCUT2D eigenvalue weighted by Gasteiger charge is -2.11. The average molecular weight is 215 g/mol. The summed E-state index contributed by atoms with van der Waals surface area (Å²) < 4.78 is 0.